The quantitative estimate of drug-likeness (QED) is 0.610. The van der Waals surface area contributed by atoms with Crippen LogP contribution in [0.4, 0.5) is 0 Å². The Morgan fingerprint density at radius 3 is 2.79 bits per heavy atom. The third kappa shape index (κ3) is 4.70. The van der Waals surface area contributed by atoms with E-state index < -0.39 is 0 Å². The predicted octanol–water partition coefficient (Wildman–Crippen LogP) is 2.79. The van der Waals surface area contributed by atoms with Crippen LogP contribution in [0.25, 0.3) is 0 Å². The number of aryl methyl sites for hydroxylation is 1. The second-order valence-electron chi connectivity index (χ2n) is 6.68. The molecule has 0 aromatic carbocycles. The van der Waals surface area contributed by atoms with Gasteiger partial charge in [0.2, 0.25) is 0 Å². The van der Waals surface area contributed by atoms with Crippen LogP contribution >= 0.6 is 11.8 Å². The maximum Gasteiger partial charge on any atom is 0.191 e. The van der Waals surface area contributed by atoms with E-state index >= 15 is 0 Å². The van der Waals surface area contributed by atoms with Crippen molar-refractivity contribution in [2.24, 2.45) is 4.99 Å². The largest absolute Gasteiger partial charge is 0.465 e. The van der Waals surface area contributed by atoms with Gasteiger partial charge in [0, 0.05) is 25.4 Å². The van der Waals surface area contributed by atoms with Crippen molar-refractivity contribution in [3.05, 3.63) is 23.7 Å². The number of aliphatic imine (C=N–C) groups is 1. The first-order valence-corrected chi connectivity index (χ1v) is 10.2. The fourth-order valence-electron chi connectivity index (χ4n) is 3.53. The maximum absolute atomic E-state index is 5.92. The highest BCUT2D eigenvalue weighted by Crippen LogP contribution is 2.26. The molecule has 2 unspecified atom stereocenters. The molecule has 2 aliphatic rings. The lowest BCUT2D eigenvalue weighted by Gasteiger charge is -2.27. The second-order valence-corrected chi connectivity index (χ2v) is 8.08. The Balaban J connectivity index is 1.55. The minimum atomic E-state index is 0.278. The number of nitrogens with zero attached hydrogens (tertiary/aromatic N) is 2. The fourth-order valence-corrected chi connectivity index (χ4v) is 4.73. The molecule has 2 atom stereocenters. The van der Waals surface area contributed by atoms with Crippen LogP contribution in [-0.4, -0.2) is 55.1 Å². The minimum Gasteiger partial charge on any atom is -0.465 e. The molecule has 1 aromatic rings. The number of hydrogen-bond acceptors (Lipinski definition) is 4. The van der Waals surface area contributed by atoms with Gasteiger partial charge in [0.05, 0.1) is 6.04 Å². The molecule has 2 aliphatic heterocycles. The predicted molar refractivity (Wildman–Crippen MR) is 102 cm³/mol. The summed E-state index contributed by atoms with van der Waals surface area (Å²) in [6, 6.07) is 4.45. The van der Waals surface area contributed by atoms with Crippen molar-refractivity contribution in [2.45, 2.75) is 43.9 Å². The van der Waals surface area contributed by atoms with Gasteiger partial charge in [0.1, 0.15) is 11.5 Å². The number of furan rings is 1. The van der Waals surface area contributed by atoms with E-state index in [0.29, 0.717) is 0 Å². The van der Waals surface area contributed by atoms with E-state index in [2.05, 4.69) is 44.4 Å². The molecule has 0 saturated carbocycles. The van der Waals surface area contributed by atoms with Gasteiger partial charge >= 0.3 is 0 Å². The number of nitrogens with one attached hydrogen (secondary N) is 2. The van der Waals surface area contributed by atoms with Crippen molar-refractivity contribution in [3.8, 4) is 0 Å². The standard InChI is InChI=1S/C18H30N4OS/c1-14-7-8-17(23-14)16(22-9-3-4-10-22)13-21-18(19-2)20-12-15-6-5-11-24-15/h7-8,15-16H,3-6,9-13H2,1-2H3,(H2,19,20,21). The highest BCUT2D eigenvalue weighted by atomic mass is 32.2. The average molecular weight is 351 g/mol. The Bertz CT molecular complexity index is 533. The highest BCUT2D eigenvalue weighted by Gasteiger charge is 2.26. The first kappa shape index (κ1) is 17.7. The zero-order chi connectivity index (χ0) is 16.8. The fraction of sp³-hybridized carbons (Fsp3) is 0.722. The lowest BCUT2D eigenvalue weighted by molar-refractivity contribution is 0.213. The van der Waals surface area contributed by atoms with Crippen LogP contribution in [0, 0.1) is 6.92 Å². The van der Waals surface area contributed by atoms with Gasteiger partial charge in [0.15, 0.2) is 5.96 Å². The Hall–Kier alpha value is -1.14. The van der Waals surface area contributed by atoms with Gasteiger partial charge < -0.3 is 15.1 Å². The molecule has 5 nitrogen and oxygen atoms in total. The van der Waals surface area contributed by atoms with Crippen molar-refractivity contribution < 1.29 is 4.42 Å². The molecule has 24 heavy (non-hydrogen) atoms. The summed E-state index contributed by atoms with van der Waals surface area (Å²) in [4.78, 5) is 6.90. The topological polar surface area (TPSA) is 52.8 Å². The van der Waals surface area contributed by atoms with Crippen LogP contribution in [0.2, 0.25) is 0 Å². The molecule has 0 spiro atoms. The van der Waals surface area contributed by atoms with Crippen LogP contribution in [0.3, 0.4) is 0 Å². The molecular formula is C18H30N4OS. The second kappa shape index (κ2) is 8.81. The monoisotopic (exact) mass is 350 g/mol. The van der Waals surface area contributed by atoms with Crippen LogP contribution in [0.5, 0.6) is 0 Å². The van der Waals surface area contributed by atoms with Crippen LogP contribution < -0.4 is 10.6 Å². The molecule has 3 heterocycles. The lowest BCUT2D eigenvalue weighted by atomic mass is 10.2. The SMILES string of the molecule is CN=C(NCC1CCCS1)NCC(c1ccc(C)o1)N1CCCC1. The third-order valence-electron chi connectivity index (χ3n) is 4.88. The first-order valence-electron chi connectivity index (χ1n) is 9.13. The molecule has 1 aromatic heterocycles. The number of guanidine groups is 1. The first-order chi connectivity index (χ1) is 11.8. The normalized spacial score (nSPS) is 23.6. The summed E-state index contributed by atoms with van der Waals surface area (Å²) in [5.74, 6) is 4.24. The third-order valence-corrected chi connectivity index (χ3v) is 6.28. The van der Waals surface area contributed by atoms with E-state index in [-0.39, 0.29) is 6.04 Å². The Morgan fingerprint density at radius 2 is 2.17 bits per heavy atom. The average Bonchev–Trinajstić information content (AvgIpc) is 3.33. The number of rotatable bonds is 6. The van der Waals surface area contributed by atoms with Crippen molar-refractivity contribution >= 4 is 17.7 Å². The van der Waals surface area contributed by atoms with Crippen molar-refractivity contribution in [1.82, 2.24) is 15.5 Å². The van der Waals surface area contributed by atoms with Crippen molar-refractivity contribution in [2.75, 3.05) is 39.0 Å². The van der Waals surface area contributed by atoms with Crippen molar-refractivity contribution in [1.29, 1.82) is 0 Å². The van der Waals surface area contributed by atoms with Gasteiger partial charge in [-0.25, -0.2) is 0 Å². The van der Waals surface area contributed by atoms with Gasteiger partial charge in [0.25, 0.3) is 0 Å². The van der Waals surface area contributed by atoms with Gasteiger partial charge in [-0.05, 0) is 63.6 Å². The molecule has 0 radical (unpaired) electrons. The summed E-state index contributed by atoms with van der Waals surface area (Å²) in [6.07, 6.45) is 5.22. The van der Waals surface area contributed by atoms with E-state index in [1.54, 1.807) is 0 Å². The Morgan fingerprint density at radius 1 is 1.33 bits per heavy atom. The van der Waals surface area contributed by atoms with E-state index in [4.69, 9.17) is 4.42 Å². The van der Waals surface area contributed by atoms with Gasteiger partial charge in [-0.2, -0.15) is 11.8 Å². The smallest absolute Gasteiger partial charge is 0.191 e. The zero-order valence-corrected chi connectivity index (χ0v) is 15.7. The number of thioether (sulfide) groups is 1. The molecule has 134 valence electrons. The Kier molecular flexibility index (Phi) is 6.49. The van der Waals surface area contributed by atoms with Gasteiger partial charge in [-0.1, -0.05) is 0 Å². The van der Waals surface area contributed by atoms with Gasteiger partial charge in [-0.15, -0.1) is 0 Å². The van der Waals surface area contributed by atoms with Gasteiger partial charge in [-0.3, -0.25) is 9.89 Å². The van der Waals surface area contributed by atoms with Crippen LogP contribution in [0.15, 0.2) is 21.5 Å². The molecular weight excluding hydrogens is 320 g/mol. The van der Waals surface area contributed by atoms with E-state index in [1.807, 2.05) is 14.0 Å². The molecule has 0 aliphatic carbocycles. The zero-order valence-electron chi connectivity index (χ0n) is 14.9. The summed E-state index contributed by atoms with van der Waals surface area (Å²) < 4.78 is 5.92. The molecule has 6 heteroatoms. The Labute approximate surface area is 149 Å². The minimum absolute atomic E-state index is 0.278. The molecule has 2 fully saturated rings. The lowest BCUT2D eigenvalue weighted by Crippen LogP contribution is -2.44. The maximum atomic E-state index is 5.92. The van der Waals surface area contributed by atoms with E-state index in [1.165, 1.54) is 31.4 Å². The van der Waals surface area contributed by atoms with E-state index in [9.17, 15) is 0 Å². The summed E-state index contributed by atoms with van der Waals surface area (Å²) in [6.45, 7) is 6.13. The molecule has 3 rings (SSSR count). The molecule has 0 amide bonds. The summed E-state index contributed by atoms with van der Waals surface area (Å²) in [5.41, 5.74) is 0. The van der Waals surface area contributed by atoms with Crippen molar-refractivity contribution in [3.63, 3.8) is 0 Å². The number of likely N-dealkylation sites (tertiary alicyclic amines) is 1. The summed E-state index contributed by atoms with van der Waals surface area (Å²) in [5, 5.41) is 7.72. The molecule has 0 bridgehead atoms. The molecule has 2 saturated heterocycles. The highest BCUT2D eigenvalue weighted by molar-refractivity contribution is 8.00. The summed E-state index contributed by atoms with van der Waals surface area (Å²) in [7, 11) is 1.85. The van der Waals surface area contributed by atoms with Crippen LogP contribution in [0.1, 0.15) is 43.2 Å². The number of hydrogen-bond donors (Lipinski definition) is 2. The summed E-state index contributed by atoms with van der Waals surface area (Å²) >= 11 is 2.07. The van der Waals surface area contributed by atoms with Crippen LogP contribution in [-0.2, 0) is 0 Å². The molecule has 2 N–H and O–H groups in total. The van der Waals surface area contributed by atoms with E-state index in [0.717, 1.165) is 48.9 Å².